The molecule has 0 radical (unpaired) electrons. The number of ether oxygens (including phenoxy) is 1. The molecule has 1 unspecified atom stereocenters. The lowest BCUT2D eigenvalue weighted by Gasteiger charge is -2.32. The highest BCUT2D eigenvalue weighted by molar-refractivity contribution is 5.95. The second kappa shape index (κ2) is 9.71. The number of nitrogens with zero attached hydrogens (tertiary/aromatic N) is 3. The van der Waals surface area contributed by atoms with Crippen molar-refractivity contribution >= 4 is 17.7 Å². The van der Waals surface area contributed by atoms with Gasteiger partial charge in [-0.25, -0.2) is 4.79 Å². The topological polar surface area (TPSA) is 98.1 Å². The first-order chi connectivity index (χ1) is 15.0. The Hall–Kier alpha value is -2.90. The van der Waals surface area contributed by atoms with Gasteiger partial charge in [-0.05, 0) is 64.2 Å². The number of amides is 2. The molecule has 1 aliphatic carbocycles. The predicted molar refractivity (Wildman–Crippen MR) is 124 cm³/mol. The number of nitrogens with one attached hydrogen (secondary N) is 2. The van der Waals surface area contributed by atoms with E-state index in [9.17, 15) is 9.59 Å². The third kappa shape index (κ3) is 6.08. The Balaban J connectivity index is 1.73. The number of aromatic nitrogens is 3. The van der Waals surface area contributed by atoms with E-state index in [1.165, 1.54) is 0 Å². The maximum atomic E-state index is 13.2. The molecule has 0 aromatic carbocycles. The van der Waals surface area contributed by atoms with E-state index >= 15 is 0 Å². The van der Waals surface area contributed by atoms with Gasteiger partial charge in [0.05, 0.1) is 29.5 Å². The fourth-order valence-corrected chi connectivity index (χ4v) is 4.14. The summed E-state index contributed by atoms with van der Waals surface area (Å²) in [4.78, 5) is 30.1. The quantitative estimate of drug-likeness (QED) is 0.714. The van der Waals surface area contributed by atoms with Crippen molar-refractivity contribution in [2.75, 3.05) is 5.32 Å². The molecule has 2 N–H and O–H groups in total. The van der Waals surface area contributed by atoms with Crippen molar-refractivity contribution in [2.24, 2.45) is 18.9 Å². The largest absolute Gasteiger partial charge is 0.436 e. The first-order valence-corrected chi connectivity index (χ1v) is 11.3. The molecule has 1 fully saturated rings. The molecule has 8 heteroatoms. The van der Waals surface area contributed by atoms with Gasteiger partial charge in [0.2, 0.25) is 0 Å². The van der Waals surface area contributed by atoms with Gasteiger partial charge in [-0.1, -0.05) is 19.8 Å². The Kier molecular flexibility index (Phi) is 7.21. The molecule has 8 nitrogen and oxygen atoms in total. The van der Waals surface area contributed by atoms with Crippen LogP contribution in [0.2, 0.25) is 0 Å². The Morgan fingerprint density at radius 2 is 1.84 bits per heavy atom. The summed E-state index contributed by atoms with van der Waals surface area (Å²) in [7, 11) is 1.87. The number of pyridine rings is 1. The highest BCUT2D eigenvalue weighted by Gasteiger charge is 2.35. The van der Waals surface area contributed by atoms with Gasteiger partial charge in [0, 0.05) is 18.5 Å². The Bertz CT molecular complexity index is 918. The summed E-state index contributed by atoms with van der Waals surface area (Å²) in [6, 6.07) is 3.66. The smallest absolute Gasteiger partial charge is 0.408 e. The monoisotopic (exact) mass is 441 g/mol. The van der Waals surface area contributed by atoms with Crippen molar-refractivity contribution in [3.8, 4) is 11.4 Å². The molecule has 174 valence electrons. The molecular weight excluding hydrogens is 406 g/mol. The van der Waals surface area contributed by atoms with E-state index in [0.717, 1.165) is 42.6 Å². The lowest BCUT2D eigenvalue weighted by molar-refractivity contribution is -0.127. The van der Waals surface area contributed by atoms with Gasteiger partial charge < -0.3 is 15.4 Å². The Labute approximate surface area is 190 Å². The SMILES string of the molecule is Cc1cnn(C)c1-c1ccc(NC(=O)C(OC(=O)NC(C)(C)C)C2CCC(C)CC2)cn1. The lowest BCUT2D eigenvalue weighted by Crippen LogP contribution is -2.46. The minimum Gasteiger partial charge on any atom is -0.436 e. The average molecular weight is 442 g/mol. The third-order valence-electron chi connectivity index (χ3n) is 5.85. The molecule has 1 atom stereocenters. The van der Waals surface area contributed by atoms with Gasteiger partial charge in [0.15, 0.2) is 6.10 Å². The fraction of sp³-hybridized carbons (Fsp3) is 0.583. The van der Waals surface area contributed by atoms with Gasteiger partial charge in [-0.15, -0.1) is 0 Å². The van der Waals surface area contributed by atoms with E-state index in [-0.39, 0.29) is 11.8 Å². The molecule has 1 saturated carbocycles. The van der Waals surface area contributed by atoms with Crippen LogP contribution in [0.3, 0.4) is 0 Å². The molecule has 0 saturated heterocycles. The predicted octanol–water partition coefficient (Wildman–Crippen LogP) is 4.45. The maximum absolute atomic E-state index is 13.2. The molecule has 1 aliphatic rings. The molecule has 2 amide bonds. The van der Waals surface area contributed by atoms with Crippen LogP contribution in [0.1, 0.15) is 58.9 Å². The molecule has 2 heterocycles. The highest BCUT2D eigenvalue weighted by Crippen LogP contribution is 2.32. The zero-order valence-electron chi connectivity index (χ0n) is 19.9. The summed E-state index contributed by atoms with van der Waals surface area (Å²) in [6.07, 6.45) is 5.77. The number of aryl methyl sites for hydroxylation is 2. The standard InChI is InChI=1S/C24H35N5O3/c1-15-7-9-17(10-8-15)21(32-23(31)28-24(3,4)5)22(30)27-18-11-12-19(25-14-18)20-16(2)13-26-29(20)6/h11-15,17,21H,7-10H2,1-6H3,(H,27,30)(H,28,31). The molecule has 0 spiro atoms. The van der Waals surface area contributed by atoms with Crippen molar-refractivity contribution < 1.29 is 14.3 Å². The summed E-state index contributed by atoms with van der Waals surface area (Å²) in [5.74, 6) is 0.312. The van der Waals surface area contributed by atoms with Crippen molar-refractivity contribution in [1.29, 1.82) is 0 Å². The molecule has 0 bridgehead atoms. The van der Waals surface area contributed by atoms with Gasteiger partial charge >= 0.3 is 6.09 Å². The van der Waals surface area contributed by atoms with Crippen molar-refractivity contribution in [2.45, 2.75) is 71.9 Å². The number of hydrogen-bond acceptors (Lipinski definition) is 5. The van der Waals surface area contributed by atoms with E-state index < -0.39 is 17.7 Å². The summed E-state index contributed by atoms with van der Waals surface area (Å²) in [5.41, 5.74) is 2.86. The first-order valence-electron chi connectivity index (χ1n) is 11.3. The molecular formula is C24H35N5O3. The fourth-order valence-electron chi connectivity index (χ4n) is 4.14. The number of hydrogen-bond donors (Lipinski definition) is 2. The Morgan fingerprint density at radius 1 is 1.16 bits per heavy atom. The third-order valence-corrected chi connectivity index (χ3v) is 5.85. The van der Waals surface area contributed by atoms with E-state index in [1.807, 2.05) is 46.9 Å². The zero-order valence-corrected chi connectivity index (χ0v) is 19.9. The zero-order chi connectivity index (χ0) is 23.5. The van der Waals surface area contributed by atoms with E-state index in [0.29, 0.717) is 11.6 Å². The maximum Gasteiger partial charge on any atom is 0.408 e. The minimum absolute atomic E-state index is 0.00115. The van der Waals surface area contributed by atoms with Crippen LogP contribution in [0.15, 0.2) is 24.5 Å². The second-order valence-corrected chi connectivity index (χ2v) is 9.94. The number of carbonyl (C=O) groups excluding carboxylic acids is 2. The van der Waals surface area contributed by atoms with Crippen LogP contribution in [0.5, 0.6) is 0 Å². The Morgan fingerprint density at radius 3 is 2.38 bits per heavy atom. The van der Waals surface area contributed by atoms with Crippen LogP contribution in [0.25, 0.3) is 11.4 Å². The molecule has 3 rings (SSSR count). The minimum atomic E-state index is -0.844. The molecule has 2 aromatic rings. The van der Waals surface area contributed by atoms with Crippen molar-refractivity contribution in [1.82, 2.24) is 20.1 Å². The van der Waals surface area contributed by atoms with Gasteiger partial charge in [-0.3, -0.25) is 14.5 Å². The molecule has 0 aliphatic heterocycles. The van der Waals surface area contributed by atoms with Crippen LogP contribution < -0.4 is 10.6 Å². The van der Waals surface area contributed by atoms with Gasteiger partial charge in [-0.2, -0.15) is 5.10 Å². The second-order valence-electron chi connectivity index (χ2n) is 9.94. The van der Waals surface area contributed by atoms with E-state index in [1.54, 1.807) is 17.1 Å². The van der Waals surface area contributed by atoms with E-state index in [2.05, 4.69) is 27.6 Å². The van der Waals surface area contributed by atoms with Crippen LogP contribution >= 0.6 is 0 Å². The number of rotatable bonds is 5. The lowest BCUT2D eigenvalue weighted by atomic mass is 9.80. The van der Waals surface area contributed by atoms with Crippen LogP contribution in [-0.4, -0.2) is 38.4 Å². The molecule has 2 aromatic heterocycles. The van der Waals surface area contributed by atoms with Gasteiger partial charge in [0.1, 0.15) is 0 Å². The normalized spacial score (nSPS) is 19.8. The average Bonchev–Trinajstić information content (AvgIpc) is 3.04. The number of alkyl carbamates (subject to hydrolysis) is 1. The number of anilines is 1. The van der Waals surface area contributed by atoms with Crippen LogP contribution in [0, 0.1) is 18.8 Å². The summed E-state index contributed by atoms with van der Waals surface area (Å²) in [6.45, 7) is 9.83. The van der Waals surface area contributed by atoms with Gasteiger partial charge in [0.25, 0.3) is 5.91 Å². The number of carbonyl (C=O) groups is 2. The summed E-state index contributed by atoms with van der Waals surface area (Å²) >= 11 is 0. The van der Waals surface area contributed by atoms with Crippen LogP contribution in [0.4, 0.5) is 10.5 Å². The van der Waals surface area contributed by atoms with Crippen LogP contribution in [-0.2, 0) is 16.6 Å². The van der Waals surface area contributed by atoms with Crippen molar-refractivity contribution in [3.63, 3.8) is 0 Å². The first kappa shape index (κ1) is 23.8. The molecule has 32 heavy (non-hydrogen) atoms. The van der Waals surface area contributed by atoms with Crippen molar-refractivity contribution in [3.05, 3.63) is 30.1 Å². The summed E-state index contributed by atoms with van der Waals surface area (Å²) < 4.78 is 7.43. The highest BCUT2D eigenvalue weighted by atomic mass is 16.6. The summed E-state index contributed by atoms with van der Waals surface area (Å²) in [5, 5.41) is 9.93. The van der Waals surface area contributed by atoms with E-state index in [4.69, 9.17) is 4.74 Å².